The molecular weight excluding hydrogens is 170 g/mol. The van der Waals surface area contributed by atoms with E-state index in [0.29, 0.717) is 6.04 Å². The van der Waals surface area contributed by atoms with Crippen molar-refractivity contribution in [1.29, 1.82) is 0 Å². The number of para-hydroxylation sites is 1. The molecule has 1 N–H and O–H groups in total. The Kier molecular flexibility index (Phi) is 3.07. The molecule has 76 valence electrons. The number of unbranched alkanes of at least 4 members (excludes halogenated alkanes) is 1. The van der Waals surface area contributed by atoms with Gasteiger partial charge >= 0.3 is 0 Å². The lowest BCUT2D eigenvalue weighted by Gasteiger charge is -2.26. The van der Waals surface area contributed by atoms with Gasteiger partial charge in [-0.1, -0.05) is 38.0 Å². The standard InChI is InChI=1S/C13H19N/c1-2-3-7-12-10-9-11-6-4-5-8-13(11)14-12/h4-6,8,12,14H,2-3,7,9-10H2,1H3/t12-/m0/s1. The van der Waals surface area contributed by atoms with Gasteiger partial charge in [-0.25, -0.2) is 0 Å². The molecule has 0 saturated heterocycles. The van der Waals surface area contributed by atoms with Crippen molar-refractivity contribution in [1.82, 2.24) is 0 Å². The Morgan fingerprint density at radius 1 is 1.36 bits per heavy atom. The van der Waals surface area contributed by atoms with Gasteiger partial charge in [0.05, 0.1) is 0 Å². The minimum atomic E-state index is 0.713. The predicted octanol–water partition coefficient (Wildman–Crippen LogP) is 3.60. The summed E-state index contributed by atoms with van der Waals surface area (Å²) in [6, 6.07) is 9.40. The summed E-state index contributed by atoms with van der Waals surface area (Å²) < 4.78 is 0. The zero-order chi connectivity index (χ0) is 9.80. The maximum absolute atomic E-state index is 3.63. The lowest BCUT2D eigenvalue weighted by molar-refractivity contribution is 0.558. The summed E-state index contributed by atoms with van der Waals surface area (Å²) in [6.45, 7) is 2.26. The van der Waals surface area contributed by atoms with Crippen molar-refractivity contribution in [2.45, 2.75) is 45.1 Å². The fourth-order valence-electron chi connectivity index (χ4n) is 2.17. The molecule has 1 nitrogen and oxygen atoms in total. The zero-order valence-electron chi connectivity index (χ0n) is 8.92. The van der Waals surface area contributed by atoms with Crippen LogP contribution in [0.2, 0.25) is 0 Å². The van der Waals surface area contributed by atoms with Crippen LogP contribution in [0.5, 0.6) is 0 Å². The van der Waals surface area contributed by atoms with Crippen LogP contribution in [0.4, 0.5) is 5.69 Å². The van der Waals surface area contributed by atoms with Crippen molar-refractivity contribution in [3.8, 4) is 0 Å². The van der Waals surface area contributed by atoms with E-state index in [0.717, 1.165) is 0 Å². The van der Waals surface area contributed by atoms with Gasteiger partial charge in [-0.15, -0.1) is 0 Å². The first-order valence-electron chi connectivity index (χ1n) is 5.74. The maximum atomic E-state index is 3.63. The first-order valence-corrected chi connectivity index (χ1v) is 5.74. The number of benzene rings is 1. The number of rotatable bonds is 3. The van der Waals surface area contributed by atoms with E-state index in [4.69, 9.17) is 0 Å². The zero-order valence-corrected chi connectivity index (χ0v) is 8.92. The molecule has 0 saturated carbocycles. The van der Waals surface area contributed by atoms with Crippen LogP contribution < -0.4 is 5.32 Å². The SMILES string of the molecule is CCCC[C@H]1CCc2ccccc2N1. The van der Waals surface area contributed by atoms with Gasteiger partial charge in [0.1, 0.15) is 0 Å². The number of anilines is 1. The summed E-state index contributed by atoms with van der Waals surface area (Å²) in [4.78, 5) is 0. The summed E-state index contributed by atoms with van der Waals surface area (Å²) in [7, 11) is 0. The third-order valence-electron chi connectivity index (χ3n) is 3.05. The van der Waals surface area contributed by atoms with Gasteiger partial charge in [0.2, 0.25) is 0 Å². The molecule has 0 bridgehead atoms. The Labute approximate surface area is 86.5 Å². The summed E-state index contributed by atoms with van der Waals surface area (Å²) in [5.74, 6) is 0. The second-order valence-electron chi connectivity index (χ2n) is 4.18. The largest absolute Gasteiger partial charge is 0.382 e. The Hall–Kier alpha value is -0.980. The topological polar surface area (TPSA) is 12.0 Å². The van der Waals surface area contributed by atoms with Gasteiger partial charge in [0, 0.05) is 11.7 Å². The van der Waals surface area contributed by atoms with Crippen LogP contribution in [-0.2, 0) is 6.42 Å². The molecule has 0 amide bonds. The minimum Gasteiger partial charge on any atom is -0.382 e. The van der Waals surface area contributed by atoms with Gasteiger partial charge in [-0.05, 0) is 30.9 Å². The van der Waals surface area contributed by atoms with Gasteiger partial charge < -0.3 is 5.32 Å². The molecule has 0 aliphatic carbocycles. The smallest absolute Gasteiger partial charge is 0.0374 e. The van der Waals surface area contributed by atoms with E-state index >= 15 is 0 Å². The maximum Gasteiger partial charge on any atom is 0.0374 e. The molecular formula is C13H19N. The third-order valence-corrected chi connectivity index (χ3v) is 3.05. The van der Waals surface area contributed by atoms with Crippen molar-refractivity contribution in [3.63, 3.8) is 0 Å². The molecule has 1 atom stereocenters. The van der Waals surface area contributed by atoms with Crippen molar-refractivity contribution < 1.29 is 0 Å². The molecule has 1 aromatic carbocycles. The fraction of sp³-hybridized carbons (Fsp3) is 0.538. The van der Waals surface area contributed by atoms with Crippen LogP contribution >= 0.6 is 0 Å². The molecule has 1 aliphatic heterocycles. The highest BCUT2D eigenvalue weighted by molar-refractivity contribution is 5.53. The van der Waals surface area contributed by atoms with Crippen LogP contribution in [0.3, 0.4) is 0 Å². The number of hydrogen-bond donors (Lipinski definition) is 1. The van der Waals surface area contributed by atoms with Crippen LogP contribution in [-0.4, -0.2) is 6.04 Å². The highest BCUT2D eigenvalue weighted by atomic mass is 14.9. The van der Waals surface area contributed by atoms with E-state index in [1.165, 1.54) is 43.4 Å². The van der Waals surface area contributed by atoms with Gasteiger partial charge in [0.15, 0.2) is 0 Å². The summed E-state index contributed by atoms with van der Waals surface area (Å²) in [5, 5.41) is 3.63. The van der Waals surface area contributed by atoms with Crippen molar-refractivity contribution in [2.24, 2.45) is 0 Å². The average Bonchev–Trinajstić information content (AvgIpc) is 2.26. The van der Waals surface area contributed by atoms with Gasteiger partial charge in [0.25, 0.3) is 0 Å². The Morgan fingerprint density at radius 3 is 3.07 bits per heavy atom. The second-order valence-corrected chi connectivity index (χ2v) is 4.18. The molecule has 0 fully saturated rings. The molecule has 0 unspecified atom stereocenters. The Morgan fingerprint density at radius 2 is 2.21 bits per heavy atom. The van der Waals surface area contributed by atoms with E-state index in [1.807, 2.05) is 0 Å². The number of nitrogens with one attached hydrogen (secondary N) is 1. The number of hydrogen-bond acceptors (Lipinski definition) is 1. The normalized spacial score (nSPS) is 19.9. The fourth-order valence-corrected chi connectivity index (χ4v) is 2.17. The first kappa shape index (κ1) is 9.57. The van der Waals surface area contributed by atoms with Gasteiger partial charge in [-0.2, -0.15) is 0 Å². The third kappa shape index (κ3) is 2.09. The van der Waals surface area contributed by atoms with Crippen molar-refractivity contribution in [2.75, 3.05) is 5.32 Å². The molecule has 0 aromatic heterocycles. The average molecular weight is 189 g/mol. The van der Waals surface area contributed by atoms with E-state index in [2.05, 4.69) is 36.5 Å². The molecule has 1 heteroatoms. The van der Waals surface area contributed by atoms with Crippen LogP contribution in [0.1, 0.15) is 38.2 Å². The highest BCUT2D eigenvalue weighted by Crippen LogP contribution is 2.26. The molecule has 1 aliphatic rings. The summed E-state index contributed by atoms with van der Waals surface area (Å²) >= 11 is 0. The monoisotopic (exact) mass is 189 g/mol. The quantitative estimate of drug-likeness (QED) is 0.766. The van der Waals surface area contributed by atoms with Crippen LogP contribution in [0.15, 0.2) is 24.3 Å². The lowest BCUT2D eigenvalue weighted by atomic mass is 9.95. The van der Waals surface area contributed by atoms with E-state index in [-0.39, 0.29) is 0 Å². The molecule has 0 spiro atoms. The van der Waals surface area contributed by atoms with Crippen LogP contribution in [0, 0.1) is 0 Å². The summed E-state index contributed by atoms with van der Waals surface area (Å²) in [5.41, 5.74) is 2.85. The predicted molar refractivity (Wildman–Crippen MR) is 61.7 cm³/mol. The number of aryl methyl sites for hydroxylation is 1. The van der Waals surface area contributed by atoms with Crippen molar-refractivity contribution in [3.05, 3.63) is 29.8 Å². The van der Waals surface area contributed by atoms with E-state index in [9.17, 15) is 0 Å². The molecule has 1 aromatic rings. The van der Waals surface area contributed by atoms with E-state index < -0.39 is 0 Å². The molecule has 1 heterocycles. The Bertz CT molecular complexity index is 293. The molecule has 14 heavy (non-hydrogen) atoms. The minimum absolute atomic E-state index is 0.713. The highest BCUT2D eigenvalue weighted by Gasteiger charge is 2.15. The van der Waals surface area contributed by atoms with Crippen LogP contribution in [0.25, 0.3) is 0 Å². The Balaban J connectivity index is 1.99. The summed E-state index contributed by atoms with van der Waals surface area (Å²) in [6.07, 6.45) is 6.53. The first-order chi connectivity index (χ1) is 6.90. The van der Waals surface area contributed by atoms with Crippen molar-refractivity contribution >= 4 is 5.69 Å². The molecule has 0 radical (unpaired) electrons. The number of fused-ring (bicyclic) bond motifs is 1. The second kappa shape index (κ2) is 4.50. The van der Waals surface area contributed by atoms with Gasteiger partial charge in [-0.3, -0.25) is 0 Å². The van der Waals surface area contributed by atoms with E-state index in [1.54, 1.807) is 0 Å². The lowest BCUT2D eigenvalue weighted by Crippen LogP contribution is -2.25. The molecule has 2 rings (SSSR count).